The van der Waals surface area contributed by atoms with E-state index in [1.54, 1.807) is 18.2 Å². The second kappa shape index (κ2) is 7.39. The molecule has 0 N–H and O–H groups in total. The normalized spacial score (nSPS) is 10.6. The monoisotopic (exact) mass is 409 g/mol. The third-order valence-corrected chi connectivity index (χ3v) is 3.82. The van der Waals surface area contributed by atoms with Crippen molar-refractivity contribution in [2.24, 2.45) is 0 Å². The summed E-state index contributed by atoms with van der Waals surface area (Å²) in [5.74, 6) is 0.347. The lowest BCUT2D eigenvalue weighted by molar-refractivity contribution is 0.301. The third kappa shape index (κ3) is 4.42. The van der Waals surface area contributed by atoms with E-state index in [0.717, 1.165) is 20.1 Å². The fourth-order valence-corrected chi connectivity index (χ4v) is 3.18. The molecular weight excluding hydrogens is 401 g/mol. The number of rotatable bonds is 4. The van der Waals surface area contributed by atoms with Crippen LogP contribution < -0.4 is 4.74 Å². The van der Waals surface area contributed by atoms with Crippen LogP contribution in [0, 0.1) is 17.1 Å². The Balaban J connectivity index is 2.17. The number of benzene rings is 2. The van der Waals surface area contributed by atoms with Gasteiger partial charge in [-0.1, -0.05) is 12.1 Å². The Hall–Kier alpha value is -1.64. The molecule has 0 aliphatic heterocycles. The van der Waals surface area contributed by atoms with E-state index in [2.05, 4.69) is 31.9 Å². The van der Waals surface area contributed by atoms with Crippen molar-refractivity contribution in [2.75, 3.05) is 0 Å². The highest BCUT2D eigenvalue weighted by Gasteiger charge is 2.08. The lowest BCUT2D eigenvalue weighted by Gasteiger charge is -2.11. The number of hydrogen-bond acceptors (Lipinski definition) is 2. The zero-order valence-corrected chi connectivity index (χ0v) is 14.0. The van der Waals surface area contributed by atoms with Crippen LogP contribution in [0.5, 0.6) is 5.75 Å². The van der Waals surface area contributed by atoms with E-state index in [9.17, 15) is 4.39 Å². The van der Waals surface area contributed by atoms with Gasteiger partial charge in [-0.25, -0.2) is 4.39 Å². The predicted molar refractivity (Wildman–Crippen MR) is 87.2 cm³/mol. The van der Waals surface area contributed by atoms with E-state index in [1.165, 1.54) is 18.2 Å². The average Bonchev–Trinajstić information content (AvgIpc) is 2.44. The van der Waals surface area contributed by atoms with Gasteiger partial charge in [0, 0.05) is 6.08 Å². The van der Waals surface area contributed by atoms with E-state index in [4.69, 9.17) is 10.00 Å². The van der Waals surface area contributed by atoms with Crippen LogP contribution in [0.4, 0.5) is 4.39 Å². The van der Waals surface area contributed by atoms with E-state index >= 15 is 0 Å². The highest BCUT2D eigenvalue weighted by Crippen LogP contribution is 2.35. The SMILES string of the molecule is N#C/C=C/c1cc(Br)c(OCc2cccc(F)c2)c(Br)c1. The molecule has 0 aromatic heterocycles. The summed E-state index contributed by atoms with van der Waals surface area (Å²) in [5, 5.41) is 8.54. The van der Waals surface area contributed by atoms with Crippen molar-refractivity contribution in [2.45, 2.75) is 6.61 Å². The van der Waals surface area contributed by atoms with Crippen molar-refractivity contribution < 1.29 is 9.13 Å². The summed E-state index contributed by atoms with van der Waals surface area (Å²) in [6, 6.07) is 11.9. The Morgan fingerprint density at radius 3 is 2.52 bits per heavy atom. The van der Waals surface area contributed by atoms with Gasteiger partial charge in [-0.15, -0.1) is 0 Å². The lowest BCUT2D eigenvalue weighted by Crippen LogP contribution is -1.97. The van der Waals surface area contributed by atoms with Crippen LogP contribution in [0.25, 0.3) is 6.08 Å². The summed E-state index contributed by atoms with van der Waals surface area (Å²) in [7, 11) is 0. The summed E-state index contributed by atoms with van der Waals surface area (Å²) < 4.78 is 20.3. The lowest BCUT2D eigenvalue weighted by atomic mass is 10.2. The molecule has 2 aromatic carbocycles. The van der Waals surface area contributed by atoms with Crippen molar-refractivity contribution in [1.29, 1.82) is 5.26 Å². The second-order valence-corrected chi connectivity index (χ2v) is 5.90. The molecule has 0 fully saturated rings. The van der Waals surface area contributed by atoms with Crippen LogP contribution in [0.3, 0.4) is 0 Å². The Bertz CT molecular complexity index is 699. The van der Waals surface area contributed by atoms with Gasteiger partial charge in [0.2, 0.25) is 0 Å². The summed E-state index contributed by atoms with van der Waals surface area (Å²) in [5.41, 5.74) is 1.62. The molecule has 0 aliphatic carbocycles. The van der Waals surface area contributed by atoms with Crippen LogP contribution in [-0.4, -0.2) is 0 Å². The van der Waals surface area contributed by atoms with Gasteiger partial charge in [0.15, 0.2) is 0 Å². The minimum absolute atomic E-state index is 0.266. The maximum Gasteiger partial charge on any atom is 0.148 e. The molecule has 5 heteroatoms. The molecule has 0 spiro atoms. The fraction of sp³-hybridized carbons (Fsp3) is 0.0625. The quantitative estimate of drug-likeness (QED) is 0.626. The van der Waals surface area contributed by atoms with Crippen LogP contribution in [0.1, 0.15) is 11.1 Å². The van der Waals surface area contributed by atoms with Crippen LogP contribution in [0.2, 0.25) is 0 Å². The molecule has 0 aliphatic rings. The summed E-state index contributed by atoms with van der Waals surface area (Å²) in [6.07, 6.45) is 3.10. The van der Waals surface area contributed by atoms with Gasteiger partial charge in [-0.2, -0.15) is 5.26 Å². The highest BCUT2D eigenvalue weighted by atomic mass is 79.9. The third-order valence-electron chi connectivity index (χ3n) is 2.64. The molecule has 2 rings (SSSR count). The minimum Gasteiger partial charge on any atom is -0.487 e. The summed E-state index contributed by atoms with van der Waals surface area (Å²) in [4.78, 5) is 0. The molecule has 0 atom stereocenters. The van der Waals surface area contributed by atoms with Gasteiger partial charge in [0.1, 0.15) is 18.2 Å². The molecule has 0 bridgehead atoms. The van der Waals surface area contributed by atoms with Gasteiger partial charge in [-0.05, 0) is 73.3 Å². The molecular formula is C16H10Br2FNO. The van der Waals surface area contributed by atoms with Gasteiger partial charge >= 0.3 is 0 Å². The van der Waals surface area contributed by atoms with Crippen molar-refractivity contribution >= 4 is 37.9 Å². The largest absolute Gasteiger partial charge is 0.487 e. The molecule has 0 radical (unpaired) electrons. The van der Waals surface area contributed by atoms with Gasteiger partial charge in [0.05, 0.1) is 15.0 Å². The first-order valence-corrected chi connectivity index (χ1v) is 7.61. The average molecular weight is 411 g/mol. The molecule has 0 heterocycles. The van der Waals surface area contributed by atoms with Crippen LogP contribution in [0.15, 0.2) is 51.4 Å². The summed E-state index contributed by atoms with van der Waals surface area (Å²) in [6.45, 7) is 0.266. The van der Waals surface area contributed by atoms with Crippen LogP contribution >= 0.6 is 31.9 Å². The number of hydrogen-bond donors (Lipinski definition) is 0. The topological polar surface area (TPSA) is 33.0 Å². The second-order valence-electron chi connectivity index (χ2n) is 4.19. The van der Waals surface area contributed by atoms with Crippen molar-refractivity contribution in [1.82, 2.24) is 0 Å². The first-order chi connectivity index (χ1) is 10.1. The van der Waals surface area contributed by atoms with Crippen LogP contribution in [-0.2, 0) is 6.61 Å². The van der Waals surface area contributed by atoms with E-state index < -0.39 is 0 Å². The Morgan fingerprint density at radius 2 is 1.90 bits per heavy atom. The smallest absolute Gasteiger partial charge is 0.148 e. The number of nitrogens with zero attached hydrogens (tertiary/aromatic N) is 1. The number of halogens is 3. The van der Waals surface area contributed by atoms with Gasteiger partial charge in [-0.3, -0.25) is 0 Å². The maximum atomic E-state index is 13.1. The number of nitriles is 1. The van der Waals surface area contributed by atoms with E-state index in [1.807, 2.05) is 18.2 Å². The van der Waals surface area contributed by atoms with Gasteiger partial charge < -0.3 is 4.74 Å². The zero-order valence-electron chi connectivity index (χ0n) is 10.8. The van der Waals surface area contributed by atoms with Crippen molar-refractivity contribution in [3.63, 3.8) is 0 Å². The molecule has 0 unspecified atom stereocenters. The number of ether oxygens (including phenoxy) is 1. The standard InChI is InChI=1S/C16H10Br2FNO/c17-14-8-11(4-2-6-20)9-15(18)16(14)21-10-12-3-1-5-13(19)7-12/h1-5,7-9H,10H2/b4-2+. The molecule has 106 valence electrons. The molecule has 2 aromatic rings. The highest BCUT2D eigenvalue weighted by molar-refractivity contribution is 9.11. The van der Waals surface area contributed by atoms with E-state index in [0.29, 0.717) is 5.75 Å². The Kier molecular flexibility index (Phi) is 5.54. The zero-order chi connectivity index (χ0) is 15.2. The molecule has 2 nitrogen and oxygen atoms in total. The fourth-order valence-electron chi connectivity index (χ4n) is 1.73. The van der Waals surface area contributed by atoms with Gasteiger partial charge in [0.25, 0.3) is 0 Å². The van der Waals surface area contributed by atoms with E-state index in [-0.39, 0.29) is 12.4 Å². The molecule has 0 saturated heterocycles. The number of allylic oxidation sites excluding steroid dienone is 1. The molecule has 0 saturated carbocycles. The first kappa shape index (κ1) is 15.7. The summed E-state index contributed by atoms with van der Waals surface area (Å²) >= 11 is 6.86. The molecule has 21 heavy (non-hydrogen) atoms. The first-order valence-electron chi connectivity index (χ1n) is 6.02. The Labute approximate surface area is 139 Å². The minimum atomic E-state index is -0.286. The Morgan fingerprint density at radius 1 is 1.19 bits per heavy atom. The van der Waals surface area contributed by atoms with Crippen molar-refractivity contribution in [3.05, 3.63) is 68.4 Å². The molecule has 0 amide bonds. The predicted octanol–water partition coefficient (Wildman–Crippen LogP) is 5.47. The van der Waals surface area contributed by atoms with Crippen molar-refractivity contribution in [3.8, 4) is 11.8 Å². The maximum absolute atomic E-state index is 13.1.